The molecule has 5 nitrogen and oxygen atoms in total. The first-order valence-electron chi connectivity index (χ1n) is 10.9. The number of aromatic nitrogens is 3. The molecule has 0 bridgehead atoms. The molecule has 1 aliphatic heterocycles. The van der Waals surface area contributed by atoms with E-state index in [0.717, 1.165) is 33.2 Å². The smallest absolute Gasteiger partial charge is 0.165 e. The molecule has 1 atom stereocenters. The minimum atomic E-state index is -0.674. The van der Waals surface area contributed by atoms with Gasteiger partial charge >= 0.3 is 0 Å². The highest BCUT2D eigenvalue weighted by Crippen LogP contribution is 2.38. The summed E-state index contributed by atoms with van der Waals surface area (Å²) in [7, 11) is 0. The van der Waals surface area contributed by atoms with Crippen LogP contribution in [0.5, 0.6) is 0 Å². The van der Waals surface area contributed by atoms with Gasteiger partial charge in [0.05, 0.1) is 12.3 Å². The molecule has 5 rings (SSSR count). The van der Waals surface area contributed by atoms with Crippen molar-refractivity contribution in [3.8, 4) is 0 Å². The molecule has 0 radical (unpaired) electrons. The molecule has 2 aromatic heterocycles. The Kier molecular flexibility index (Phi) is 5.38. The van der Waals surface area contributed by atoms with Crippen molar-refractivity contribution < 1.29 is 14.3 Å². The number of aryl methyl sites for hydroxylation is 1. The summed E-state index contributed by atoms with van der Waals surface area (Å²) in [5.41, 5.74) is 4.93. The zero-order valence-corrected chi connectivity index (χ0v) is 18.5. The third kappa shape index (κ3) is 3.87. The van der Waals surface area contributed by atoms with Gasteiger partial charge in [0.2, 0.25) is 0 Å². The second-order valence-electron chi connectivity index (χ2n) is 8.69. The number of allylic oxidation sites excluding steroid dienone is 2. The monoisotopic (exact) mass is 441 g/mol. The average molecular weight is 442 g/mol. The molecule has 1 aliphatic rings. The van der Waals surface area contributed by atoms with E-state index in [-0.39, 0.29) is 24.6 Å². The average Bonchev–Trinajstić information content (AvgIpc) is 3.21. The van der Waals surface area contributed by atoms with Gasteiger partial charge in [0.25, 0.3) is 0 Å². The number of pyridine rings is 1. The van der Waals surface area contributed by atoms with Crippen LogP contribution in [0.25, 0.3) is 10.8 Å². The van der Waals surface area contributed by atoms with Gasteiger partial charge < -0.3 is 5.11 Å². The maximum atomic E-state index is 15.2. The fraction of sp³-hybridized carbons (Fsp3) is 0.222. The Hall–Kier alpha value is -3.64. The molecule has 6 heteroatoms. The van der Waals surface area contributed by atoms with Gasteiger partial charge in [-0.3, -0.25) is 14.5 Å². The Labute approximate surface area is 191 Å². The van der Waals surface area contributed by atoms with Crippen molar-refractivity contribution in [2.45, 2.75) is 39.3 Å². The van der Waals surface area contributed by atoms with Crippen LogP contribution in [0.15, 0.2) is 72.1 Å². The highest BCUT2D eigenvalue weighted by Gasteiger charge is 2.34. The molecular weight excluding hydrogens is 417 g/mol. The molecular formula is C27H24FN3O2. The summed E-state index contributed by atoms with van der Waals surface area (Å²) in [6, 6.07) is 14.0. The summed E-state index contributed by atoms with van der Waals surface area (Å²) in [6.45, 7) is 3.55. The number of aliphatic hydroxyl groups is 1. The number of carbonyl (C=O) groups is 1. The Morgan fingerprint density at radius 3 is 2.76 bits per heavy atom. The van der Waals surface area contributed by atoms with Crippen molar-refractivity contribution in [2.75, 3.05) is 0 Å². The van der Waals surface area contributed by atoms with Crippen LogP contribution in [0.3, 0.4) is 0 Å². The molecule has 0 spiro atoms. The van der Waals surface area contributed by atoms with Gasteiger partial charge in [-0.05, 0) is 48.6 Å². The maximum Gasteiger partial charge on any atom is 0.165 e. The van der Waals surface area contributed by atoms with Crippen molar-refractivity contribution in [3.05, 3.63) is 106 Å². The highest BCUT2D eigenvalue weighted by molar-refractivity contribution is 5.99. The lowest BCUT2D eigenvalue weighted by Gasteiger charge is -2.29. The quantitative estimate of drug-likeness (QED) is 0.490. The predicted molar refractivity (Wildman–Crippen MR) is 124 cm³/mol. The molecule has 4 aromatic rings. The van der Waals surface area contributed by atoms with Crippen LogP contribution in [0.2, 0.25) is 0 Å². The first-order chi connectivity index (χ1) is 15.9. The van der Waals surface area contributed by atoms with E-state index in [1.807, 2.05) is 50.2 Å². The molecule has 2 aromatic carbocycles. The second kappa shape index (κ2) is 8.37. The number of benzene rings is 2. The molecule has 0 saturated heterocycles. The third-order valence-electron chi connectivity index (χ3n) is 6.27. The second-order valence-corrected chi connectivity index (χ2v) is 8.69. The number of ketones is 1. The van der Waals surface area contributed by atoms with Crippen LogP contribution in [0, 0.1) is 12.7 Å². The van der Waals surface area contributed by atoms with Crippen LogP contribution >= 0.6 is 0 Å². The third-order valence-corrected chi connectivity index (χ3v) is 6.27. The van der Waals surface area contributed by atoms with Crippen LogP contribution in [-0.4, -0.2) is 25.7 Å². The molecule has 1 unspecified atom stereocenters. The summed E-state index contributed by atoms with van der Waals surface area (Å²) in [5.74, 6) is -0.428. The zero-order chi connectivity index (χ0) is 23.1. The van der Waals surface area contributed by atoms with Crippen molar-refractivity contribution in [1.29, 1.82) is 0 Å². The molecule has 0 amide bonds. The lowest BCUT2D eigenvalue weighted by atomic mass is 9.85. The van der Waals surface area contributed by atoms with Gasteiger partial charge in [-0.15, -0.1) is 0 Å². The highest BCUT2D eigenvalue weighted by atomic mass is 19.1. The number of Topliss-reactive ketones (excluding diaryl/α,β-unsaturated/α-hetero) is 1. The van der Waals surface area contributed by atoms with Gasteiger partial charge in [-0.1, -0.05) is 35.9 Å². The Balaban J connectivity index is 1.58. The summed E-state index contributed by atoms with van der Waals surface area (Å²) in [4.78, 5) is 17.8. The summed E-state index contributed by atoms with van der Waals surface area (Å²) in [5, 5.41) is 16.2. The van der Waals surface area contributed by atoms with Crippen molar-refractivity contribution in [3.63, 3.8) is 0 Å². The minimum Gasteiger partial charge on any atom is -0.390 e. The lowest BCUT2D eigenvalue weighted by Crippen LogP contribution is -2.28. The summed E-state index contributed by atoms with van der Waals surface area (Å²) in [6.07, 6.45) is 4.26. The fourth-order valence-corrected chi connectivity index (χ4v) is 4.70. The largest absolute Gasteiger partial charge is 0.390 e. The molecule has 0 fully saturated rings. The fourth-order valence-electron chi connectivity index (χ4n) is 4.70. The van der Waals surface area contributed by atoms with E-state index in [2.05, 4.69) is 10.1 Å². The van der Waals surface area contributed by atoms with Crippen molar-refractivity contribution >= 4 is 16.6 Å². The topological polar surface area (TPSA) is 68.0 Å². The molecule has 166 valence electrons. The molecule has 33 heavy (non-hydrogen) atoms. The van der Waals surface area contributed by atoms with Gasteiger partial charge in [0.1, 0.15) is 11.9 Å². The maximum absolute atomic E-state index is 15.2. The normalized spacial score (nSPS) is 15.7. The lowest BCUT2D eigenvalue weighted by molar-refractivity contribution is -0.115. The van der Waals surface area contributed by atoms with Crippen LogP contribution in [0.1, 0.15) is 41.0 Å². The molecule has 0 aliphatic carbocycles. The van der Waals surface area contributed by atoms with E-state index < -0.39 is 6.04 Å². The van der Waals surface area contributed by atoms with Crippen molar-refractivity contribution in [2.24, 2.45) is 0 Å². The molecule has 0 saturated carbocycles. The van der Waals surface area contributed by atoms with E-state index in [4.69, 9.17) is 0 Å². The van der Waals surface area contributed by atoms with Gasteiger partial charge in [0, 0.05) is 47.5 Å². The van der Waals surface area contributed by atoms with Gasteiger partial charge in [0.15, 0.2) is 5.78 Å². The van der Waals surface area contributed by atoms with E-state index in [9.17, 15) is 9.90 Å². The van der Waals surface area contributed by atoms with Crippen LogP contribution < -0.4 is 0 Å². The number of aliphatic hydroxyl groups excluding tert-OH is 1. The number of carbonyl (C=O) groups excluding carboxylic acids is 1. The zero-order valence-electron chi connectivity index (χ0n) is 18.5. The number of fused-ring (bicyclic) bond motifs is 2. The summed E-state index contributed by atoms with van der Waals surface area (Å²) >= 11 is 0. The molecule has 3 heterocycles. The van der Waals surface area contributed by atoms with Crippen LogP contribution in [0.4, 0.5) is 4.39 Å². The Bertz CT molecular complexity index is 1420. The first kappa shape index (κ1) is 21.2. The minimum absolute atomic E-state index is 0.0578. The van der Waals surface area contributed by atoms with Crippen molar-refractivity contribution in [1.82, 2.24) is 14.8 Å². The SMILES string of the molecule is CC1=C(C(=O)Cc2ccc3cnccc3c2)C(c2ccc(C)cc2F)n2nc(CO)cc2C1. The van der Waals surface area contributed by atoms with E-state index >= 15 is 4.39 Å². The predicted octanol–water partition coefficient (Wildman–Crippen LogP) is 4.64. The number of halogens is 1. The van der Waals surface area contributed by atoms with E-state index in [1.54, 1.807) is 23.1 Å². The number of nitrogens with zero attached hydrogens (tertiary/aromatic N) is 3. The Morgan fingerprint density at radius 1 is 1.12 bits per heavy atom. The van der Waals surface area contributed by atoms with E-state index in [0.29, 0.717) is 23.3 Å². The first-order valence-corrected chi connectivity index (χ1v) is 10.9. The standard InChI is InChI=1S/C27H24FN3O2/c1-16-3-6-23(24(28)9-16)27-26(17(2)10-22-13-21(15-32)30-31(22)27)25(33)12-18-4-5-20-14-29-8-7-19(20)11-18/h3-9,11,13-14,27,32H,10,12,15H2,1-2H3. The van der Waals surface area contributed by atoms with Crippen LogP contribution in [-0.2, 0) is 24.2 Å². The summed E-state index contributed by atoms with van der Waals surface area (Å²) < 4.78 is 16.9. The van der Waals surface area contributed by atoms with Gasteiger partial charge in [-0.25, -0.2) is 4.39 Å². The number of hydrogen-bond donors (Lipinski definition) is 1. The Morgan fingerprint density at radius 2 is 1.97 bits per heavy atom. The molecule has 1 N–H and O–H groups in total. The van der Waals surface area contributed by atoms with E-state index in [1.165, 1.54) is 6.07 Å². The number of rotatable bonds is 5. The number of hydrogen-bond acceptors (Lipinski definition) is 4. The van der Waals surface area contributed by atoms with Gasteiger partial charge in [-0.2, -0.15) is 5.10 Å².